The Kier molecular flexibility index (Phi) is 3.13. The molecule has 0 aliphatic carbocycles. The van der Waals surface area contributed by atoms with E-state index in [1.165, 1.54) is 10.4 Å². The van der Waals surface area contributed by atoms with Gasteiger partial charge in [0.15, 0.2) is 0 Å². The van der Waals surface area contributed by atoms with E-state index in [1.54, 1.807) is 11.3 Å². The number of hydrogen-bond donors (Lipinski definition) is 0. The molecule has 0 radical (unpaired) electrons. The molecule has 18 heavy (non-hydrogen) atoms. The van der Waals surface area contributed by atoms with Gasteiger partial charge in [0.2, 0.25) is 0 Å². The van der Waals surface area contributed by atoms with Gasteiger partial charge in [-0.3, -0.25) is 0 Å². The summed E-state index contributed by atoms with van der Waals surface area (Å²) in [7, 11) is 0. The normalized spacial score (nSPS) is 10.5. The molecule has 0 atom stereocenters. The van der Waals surface area contributed by atoms with Crippen LogP contribution in [-0.4, -0.2) is 4.98 Å². The molecule has 1 aromatic heterocycles. The van der Waals surface area contributed by atoms with Crippen molar-refractivity contribution in [2.45, 2.75) is 0 Å². The predicted octanol–water partition coefficient (Wildman–Crippen LogP) is 5.13. The van der Waals surface area contributed by atoms with Crippen molar-refractivity contribution >= 4 is 22.9 Å². The van der Waals surface area contributed by atoms with Crippen molar-refractivity contribution in [2.75, 3.05) is 0 Å². The van der Waals surface area contributed by atoms with Gasteiger partial charge in [-0.15, -0.1) is 11.3 Å². The zero-order valence-corrected chi connectivity index (χ0v) is 11.1. The highest BCUT2D eigenvalue weighted by molar-refractivity contribution is 7.18. The van der Waals surface area contributed by atoms with Gasteiger partial charge < -0.3 is 0 Å². The van der Waals surface area contributed by atoms with E-state index in [4.69, 9.17) is 11.6 Å². The van der Waals surface area contributed by atoms with Crippen LogP contribution in [0.3, 0.4) is 0 Å². The maximum atomic E-state index is 5.88. The Balaban J connectivity index is 1.97. The van der Waals surface area contributed by atoms with Gasteiger partial charge in [-0.05, 0) is 17.7 Å². The first kappa shape index (κ1) is 11.5. The highest BCUT2D eigenvalue weighted by Gasteiger charge is 2.05. The molecule has 0 saturated carbocycles. The number of halogens is 1. The van der Waals surface area contributed by atoms with Crippen LogP contribution >= 0.6 is 22.9 Å². The van der Waals surface area contributed by atoms with Crippen molar-refractivity contribution in [3.63, 3.8) is 0 Å². The number of thiazole rings is 1. The zero-order valence-electron chi connectivity index (χ0n) is 9.51. The molecular formula is C15H10ClNS. The Hall–Kier alpha value is -1.64. The molecule has 0 amide bonds. The van der Waals surface area contributed by atoms with Gasteiger partial charge in [0.1, 0.15) is 5.01 Å². The van der Waals surface area contributed by atoms with E-state index in [9.17, 15) is 0 Å². The van der Waals surface area contributed by atoms with E-state index in [-0.39, 0.29) is 0 Å². The number of hydrogen-bond acceptors (Lipinski definition) is 2. The fourth-order valence-electron chi connectivity index (χ4n) is 1.74. The van der Waals surface area contributed by atoms with Gasteiger partial charge in [-0.2, -0.15) is 0 Å². The maximum absolute atomic E-state index is 5.88. The molecule has 3 aromatic rings. The summed E-state index contributed by atoms with van der Waals surface area (Å²) in [6, 6.07) is 18.1. The summed E-state index contributed by atoms with van der Waals surface area (Å²) in [5, 5.41) is 1.77. The summed E-state index contributed by atoms with van der Waals surface area (Å²) in [4.78, 5) is 5.65. The minimum absolute atomic E-state index is 0.749. The Morgan fingerprint density at radius 2 is 1.56 bits per heavy atom. The van der Waals surface area contributed by atoms with Crippen LogP contribution in [0.4, 0.5) is 0 Å². The Morgan fingerprint density at radius 3 is 2.28 bits per heavy atom. The molecule has 0 unspecified atom stereocenters. The monoisotopic (exact) mass is 271 g/mol. The largest absolute Gasteiger partial charge is 0.244 e. The lowest BCUT2D eigenvalue weighted by Crippen LogP contribution is -1.73. The van der Waals surface area contributed by atoms with Crippen LogP contribution in [0.25, 0.3) is 21.0 Å². The topological polar surface area (TPSA) is 12.9 Å². The molecule has 0 aliphatic heterocycles. The second-order valence-corrected chi connectivity index (χ2v) is 5.37. The number of benzene rings is 2. The number of rotatable bonds is 2. The minimum atomic E-state index is 0.749. The van der Waals surface area contributed by atoms with Crippen LogP contribution in [-0.2, 0) is 0 Å². The van der Waals surface area contributed by atoms with Crippen LogP contribution < -0.4 is 0 Å². The third-order valence-electron chi connectivity index (χ3n) is 2.66. The van der Waals surface area contributed by atoms with Crippen molar-refractivity contribution in [3.05, 3.63) is 65.8 Å². The highest BCUT2D eigenvalue weighted by atomic mass is 35.5. The maximum Gasteiger partial charge on any atom is 0.123 e. The van der Waals surface area contributed by atoms with E-state index >= 15 is 0 Å². The summed E-state index contributed by atoms with van der Waals surface area (Å²) in [5.41, 5.74) is 2.31. The van der Waals surface area contributed by atoms with Crippen LogP contribution in [0, 0.1) is 0 Å². The van der Waals surface area contributed by atoms with Crippen LogP contribution in [0.2, 0.25) is 5.02 Å². The van der Waals surface area contributed by atoms with E-state index in [0.29, 0.717) is 0 Å². The van der Waals surface area contributed by atoms with Crippen LogP contribution in [0.15, 0.2) is 60.8 Å². The smallest absolute Gasteiger partial charge is 0.123 e. The fourth-order valence-corrected chi connectivity index (χ4v) is 2.79. The molecule has 1 heterocycles. The van der Waals surface area contributed by atoms with E-state index in [2.05, 4.69) is 17.1 Å². The van der Waals surface area contributed by atoms with Gasteiger partial charge in [-0.25, -0.2) is 4.98 Å². The van der Waals surface area contributed by atoms with Crippen molar-refractivity contribution in [1.82, 2.24) is 4.98 Å². The first-order chi connectivity index (χ1) is 8.83. The Bertz CT molecular complexity index is 644. The summed E-state index contributed by atoms with van der Waals surface area (Å²) in [5.74, 6) is 0. The second-order valence-electron chi connectivity index (χ2n) is 3.90. The molecule has 0 bridgehead atoms. The first-order valence-electron chi connectivity index (χ1n) is 5.60. The van der Waals surface area contributed by atoms with Crippen LogP contribution in [0.5, 0.6) is 0 Å². The van der Waals surface area contributed by atoms with Crippen molar-refractivity contribution < 1.29 is 0 Å². The Labute approximate surface area is 115 Å². The van der Waals surface area contributed by atoms with Gasteiger partial charge in [-0.1, -0.05) is 54.1 Å². The zero-order chi connectivity index (χ0) is 12.4. The standard InChI is InChI=1S/C15H10ClNS/c16-13-8-6-12(7-9-13)15-17-10-14(18-15)11-4-2-1-3-5-11/h1-10H. The third kappa shape index (κ3) is 2.30. The number of aromatic nitrogens is 1. The van der Waals surface area contributed by atoms with Crippen molar-refractivity contribution in [1.29, 1.82) is 0 Å². The molecule has 3 heteroatoms. The van der Waals surface area contributed by atoms with Gasteiger partial charge in [0.05, 0.1) is 4.88 Å². The molecule has 2 aromatic carbocycles. The van der Waals surface area contributed by atoms with Crippen LogP contribution in [0.1, 0.15) is 0 Å². The van der Waals surface area contributed by atoms with Crippen molar-refractivity contribution in [3.8, 4) is 21.0 Å². The predicted molar refractivity (Wildman–Crippen MR) is 78.0 cm³/mol. The highest BCUT2D eigenvalue weighted by Crippen LogP contribution is 2.32. The molecule has 88 valence electrons. The lowest BCUT2D eigenvalue weighted by Gasteiger charge is -1.96. The Morgan fingerprint density at radius 1 is 0.833 bits per heavy atom. The van der Waals surface area contributed by atoms with E-state index < -0.39 is 0 Å². The fraction of sp³-hybridized carbons (Fsp3) is 0. The minimum Gasteiger partial charge on any atom is -0.244 e. The molecular weight excluding hydrogens is 262 g/mol. The first-order valence-corrected chi connectivity index (χ1v) is 6.79. The molecule has 0 saturated heterocycles. The van der Waals surface area contributed by atoms with E-state index in [0.717, 1.165) is 15.6 Å². The number of nitrogens with zero attached hydrogens (tertiary/aromatic N) is 1. The van der Waals surface area contributed by atoms with Gasteiger partial charge in [0, 0.05) is 16.8 Å². The molecule has 3 rings (SSSR count). The van der Waals surface area contributed by atoms with Gasteiger partial charge >= 0.3 is 0 Å². The molecule has 0 spiro atoms. The molecule has 0 aliphatic rings. The van der Waals surface area contributed by atoms with E-state index in [1.807, 2.05) is 48.7 Å². The SMILES string of the molecule is Clc1ccc(-c2ncc(-c3ccccc3)s2)cc1. The average Bonchev–Trinajstić information content (AvgIpc) is 2.90. The summed E-state index contributed by atoms with van der Waals surface area (Å²) >= 11 is 7.57. The summed E-state index contributed by atoms with van der Waals surface area (Å²) < 4.78 is 0. The quantitative estimate of drug-likeness (QED) is 0.630. The molecule has 1 nitrogen and oxygen atoms in total. The lowest BCUT2D eigenvalue weighted by atomic mass is 10.2. The summed E-state index contributed by atoms with van der Waals surface area (Å²) in [6.45, 7) is 0. The summed E-state index contributed by atoms with van der Waals surface area (Å²) in [6.07, 6.45) is 1.92. The van der Waals surface area contributed by atoms with Gasteiger partial charge in [0.25, 0.3) is 0 Å². The lowest BCUT2D eigenvalue weighted by molar-refractivity contribution is 1.41. The molecule has 0 fully saturated rings. The third-order valence-corrected chi connectivity index (χ3v) is 4.00. The molecule has 0 N–H and O–H groups in total. The average molecular weight is 272 g/mol. The van der Waals surface area contributed by atoms with Crippen molar-refractivity contribution in [2.24, 2.45) is 0 Å². The second kappa shape index (κ2) is 4.92.